The maximum atomic E-state index is 15.3. The summed E-state index contributed by atoms with van der Waals surface area (Å²) in [5.41, 5.74) is 1.45. The van der Waals surface area contributed by atoms with Gasteiger partial charge in [-0.25, -0.2) is 13.2 Å². The van der Waals surface area contributed by atoms with Crippen molar-refractivity contribution in [2.45, 2.75) is 116 Å². The lowest BCUT2D eigenvalue weighted by atomic mass is 9.88. The van der Waals surface area contributed by atoms with Gasteiger partial charge in [-0.15, -0.1) is 0 Å². The Morgan fingerprint density at radius 2 is 1.18 bits per heavy atom. The summed E-state index contributed by atoms with van der Waals surface area (Å²) < 4.78 is 71.9. The minimum absolute atomic E-state index is 0.0829. The normalized spacial score (nSPS) is 16.8. The molecule has 2 nitrogen and oxygen atoms in total. The summed E-state index contributed by atoms with van der Waals surface area (Å²) in [4.78, 5) is 0. The van der Waals surface area contributed by atoms with Crippen LogP contribution in [0.1, 0.15) is 115 Å². The molecule has 240 valence electrons. The predicted octanol–water partition coefficient (Wildman–Crippen LogP) is 11.9. The Morgan fingerprint density at radius 3 is 1.80 bits per heavy atom. The molecule has 1 saturated heterocycles. The Labute approximate surface area is 261 Å². The number of hydrogen-bond acceptors (Lipinski definition) is 2. The third-order valence-corrected chi connectivity index (χ3v) is 8.86. The molecule has 0 aliphatic carbocycles. The first-order valence-electron chi connectivity index (χ1n) is 16.8. The van der Waals surface area contributed by atoms with Crippen molar-refractivity contribution in [3.05, 3.63) is 77.4 Å². The van der Waals surface area contributed by atoms with Crippen LogP contribution in [0.15, 0.2) is 48.5 Å². The highest BCUT2D eigenvalue weighted by Crippen LogP contribution is 2.36. The molecule has 2 atom stereocenters. The van der Waals surface area contributed by atoms with Crippen LogP contribution in [0, 0.1) is 23.3 Å². The van der Waals surface area contributed by atoms with Gasteiger partial charge in [-0.2, -0.15) is 4.39 Å². The fourth-order valence-electron chi connectivity index (χ4n) is 6.12. The largest absolute Gasteiger partial charge is 0.490 e. The molecule has 3 aromatic rings. The van der Waals surface area contributed by atoms with Crippen molar-refractivity contribution >= 4 is 0 Å². The molecule has 0 spiro atoms. The van der Waals surface area contributed by atoms with Crippen LogP contribution in [0.2, 0.25) is 0 Å². The SMILES string of the molecule is CCCCCCCCOc1ccc(-c2ccc(-c3ccc(C4CCC(CCCCCCC)OC4)c(F)c3F)cc2)c(F)c1F. The van der Waals surface area contributed by atoms with Gasteiger partial charge in [0.2, 0.25) is 5.82 Å². The van der Waals surface area contributed by atoms with E-state index in [1.807, 2.05) is 0 Å². The number of rotatable bonds is 17. The molecule has 0 aromatic heterocycles. The van der Waals surface area contributed by atoms with Crippen molar-refractivity contribution in [2.24, 2.45) is 0 Å². The van der Waals surface area contributed by atoms with E-state index in [1.54, 1.807) is 36.4 Å². The average molecular weight is 613 g/mol. The maximum Gasteiger partial charge on any atom is 0.201 e. The monoisotopic (exact) mass is 612 g/mol. The fourth-order valence-corrected chi connectivity index (χ4v) is 6.12. The van der Waals surface area contributed by atoms with Gasteiger partial charge in [0.15, 0.2) is 23.2 Å². The minimum Gasteiger partial charge on any atom is -0.490 e. The van der Waals surface area contributed by atoms with E-state index < -0.39 is 23.3 Å². The molecule has 0 amide bonds. The third-order valence-electron chi connectivity index (χ3n) is 8.86. The average Bonchev–Trinajstić information content (AvgIpc) is 3.04. The van der Waals surface area contributed by atoms with E-state index >= 15 is 8.78 Å². The number of ether oxygens (including phenoxy) is 2. The summed E-state index contributed by atoms with van der Waals surface area (Å²) in [5, 5.41) is 0. The van der Waals surface area contributed by atoms with Crippen molar-refractivity contribution in [1.29, 1.82) is 0 Å². The topological polar surface area (TPSA) is 18.5 Å². The molecule has 2 unspecified atom stereocenters. The molecule has 1 aliphatic rings. The van der Waals surface area contributed by atoms with E-state index in [1.165, 1.54) is 57.1 Å². The molecule has 3 aromatic carbocycles. The van der Waals surface area contributed by atoms with Gasteiger partial charge in [0.05, 0.1) is 19.3 Å². The molecule has 0 N–H and O–H groups in total. The minimum atomic E-state index is -1.02. The first-order chi connectivity index (χ1) is 21.4. The Balaban J connectivity index is 1.35. The molecule has 1 aliphatic heterocycles. The first-order valence-corrected chi connectivity index (χ1v) is 16.8. The van der Waals surface area contributed by atoms with Gasteiger partial charge in [0.25, 0.3) is 0 Å². The number of unbranched alkanes of at least 4 members (excludes halogenated alkanes) is 9. The van der Waals surface area contributed by atoms with Crippen molar-refractivity contribution < 1.29 is 27.0 Å². The number of halogens is 4. The molecule has 0 bridgehead atoms. The summed E-state index contributed by atoms with van der Waals surface area (Å²) in [5.74, 6) is -4.04. The maximum absolute atomic E-state index is 15.3. The van der Waals surface area contributed by atoms with Crippen LogP contribution >= 0.6 is 0 Å². The van der Waals surface area contributed by atoms with E-state index in [0.29, 0.717) is 29.9 Å². The lowest BCUT2D eigenvalue weighted by molar-refractivity contribution is -0.00283. The summed E-state index contributed by atoms with van der Waals surface area (Å²) >= 11 is 0. The molecular formula is C38H48F4O2. The highest BCUT2D eigenvalue weighted by atomic mass is 19.2. The summed E-state index contributed by atoms with van der Waals surface area (Å²) in [6, 6.07) is 12.6. The quantitative estimate of drug-likeness (QED) is 0.112. The Bertz CT molecular complexity index is 1300. The van der Waals surface area contributed by atoms with Crippen LogP contribution in [0.5, 0.6) is 5.75 Å². The molecule has 44 heavy (non-hydrogen) atoms. The van der Waals surface area contributed by atoms with Crippen LogP contribution in [0.3, 0.4) is 0 Å². The molecular weight excluding hydrogens is 564 g/mol. The molecule has 1 heterocycles. The van der Waals surface area contributed by atoms with Crippen molar-refractivity contribution in [3.8, 4) is 28.0 Å². The van der Waals surface area contributed by atoms with Crippen LogP contribution in [-0.2, 0) is 4.74 Å². The summed E-state index contributed by atoms with van der Waals surface area (Å²) in [7, 11) is 0. The standard InChI is InChI=1S/C38H48F4O2/c1-3-5-7-9-11-13-25-43-34-24-23-32(37(41)38(34)42)28-17-15-27(16-18-28)31-21-22-33(36(40)35(31)39)29-19-20-30(44-26-29)14-12-10-8-6-4-2/h15-18,21-24,29-30H,3-14,19-20,25-26H2,1-2H3. The summed E-state index contributed by atoms with van der Waals surface area (Å²) in [6.07, 6.45) is 15.4. The predicted molar refractivity (Wildman–Crippen MR) is 171 cm³/mol. The van der Waals surface area contributed by atoms with Crippen molar-refractivity contribution in [1.82, 2.24) is 0 Å². The zero-order valence-corrected chi connectivity index (χ0v) is 26.4. The molecule has 6 heteroatoms. The van der Waals surface area contributed by atoms with Crippen molar-refractivity contribution in [3.63, 3.8) is 0 Å². The molecule has 0 radical (unpaired) electrons. The van der Waals surface area contributed by atoms with Crippen LogP contribution in [-0.4, -0.2) is 19.3 Å². The summed E-state index contributed by atoms with van der Waals surface area (Å²) in [6.45, 7) is 5.10. The van der Waals surface area contributed by atoms with E-state index in [-0.39, 0.29) is 28.9 Å². The second-order valence-corrected chi connectivity index (χ2v) is 12.2. The van der Waals surface area contributed by atoms with Gasteiger partial charge < -0.3 is 9.47 Å². The molecule has 0 saturated carbocycles. The van der Waals surface area contributed by atoms with Gasteiger partial charge in [0, 0.05) is 17.0 Å². The van der Waals surface area contributed by atoms with Gasteiger partial charge in [-0.1, -0.05) is 114 Å². The third kappa shape index (κ3) is 9.09. The highest BCUT2D eigenvalue weighted by molar-refractivity contribution is 5.72. The van der Waals surface area contributed by atoms with Gasteiger partial charge >= 0.3 is 0 Å². The fraction of sp³-hybridized carbons (Fsp3) is 0.526. The van der Waals surface area contributed by atoms with Crippen LogP contribution in [0.25, 0.3) is 22.3 Å². The number of hydrogen-bond donors (Lipinski definition) is 0. The first kappa shape index (κ1) is 34.0. The number of benzene rings is 3. The Morgan fingerprint density at radius 1 is 0.614 bits per heavy atom. The van der Waals surface area contributed by atoms with Crippen LogP contribution in [0.4, 0.5) is 17.6 Å². The lowest BCUT2D eigenvalue weighted by Crippen LogP contribution is -2.25. The van der Waals surface area contributed by atoms with Gasteiger partial charge in [-0.3, -0.25) is 0 Å². The molecule has 4 rings (SSSR count). The van der Waals surface area contributed by atoms with Crippen LogP contribution < -0.4 is 4.74 Å². The van der Waals surface area contributed by atoms with E-state index in [2.05, 4.69) is 13.8 Å². The second kappa shape index (κ2) is 17.6. The smallest absolute Gasteiger partial charge is 0.201 e. The lowest BCUT2D eigenvalue weighted by Gasteiger charge is -2.30. The Kier molecular flexibility index (Phi) is 13.6. The van der Waals surface area contributed by atoms with Gasteiger partial charge in [-0.05, 0) is 54.5 Å². The van der Waals surface area contributed by atoms with E-state index in [9.17, 15) is 8.78 Å². The zero-order valence-electron chi connectivity index (χ0n) is 26.4. The van der Waals surface area contributed by atoms with Crippen molar-refractivity contribution in [2.75, 3.05) is 13.2 Å². The highest BCUT2D eigenvalue weighted by Gasteiger charge is 2.27. The van der Waals surface area contributed by atoms with Gasteiger partial charge in [0.1, 0.15) is 0 Å². The zero-order chi connectivity index (χ0) is 31.3. The molecule has 1 fully saturated rings. The van der Waals surface area contributed by atoms with E-state index in [0.717, 1.165) is 44.9 Å². The second-order valence-electron chi connectivity index (χ2n) is 12.2. The van der Waals surface area contributed by atoms with E-state index in [4.69, 9.17) is 9.47 Å². The Hall–Kier alpha value is -2.86.